The Morgan fingerprint density at radius 2 is 2.30 bits per heavy atom. The fourth-order valence-corrected chi connectivity index (χ4v) is 2.59. The minimum absolute atomic E-state index is 0.326. The van der Waals surface area contributed by atoms with Gasteiger partial charge in [-0.2, -0.15) is 5.10 Å². The number of benzene rings is 1. The van der Waals surface area contributed by atoms with E-state index < -0.39 is 5.97 Å². The Balaban J connectivity index is 1.88. The number of anilines is 1. The molecule has 20 heavy (non-hydrogen) atoms. The van der Waals surface area contributed by atoms with Crippen LogP contribution in [0.3, 0.4) is 0 Å². The second kappa shape index (κ2) is 4.96. The minimum atomic E-state index is -0.892. The monoisotopic (exact) mass is 272 g/mol. The molecule has 104 valence electrons. The maximum Gasteiger partial charge on any atom is 0.335 e. The SMILES string of the molecule is CCn1ncnc1CN1CCc2ccc(C(=O)O)cc21. The van der Waals surface area contributed by atoms with Gasteiger partial charge >= 0.3 is 5.97 Å². The summed E-state index contributed by atoms with van der Waals surface area (Å²) < 4.78 is 1.86. The number of carboxylic acid groups (broad SMARTS) is 1. The Kier molecular flexibility index (Phi) is 3.14. The predicted molar refractivity (Wildman–Crippen MR) is 73.9 cm³/mol. The first-order valence-corrected chi connectivity index (χ1v) is 6.67. The molecule has 2 aromatic rings. The van der Waals surface area contributed by atoms with Gasteiger partial charge < -0.3 is 10.0 Å². The molecule has 2 heterocycles. The van der Waals surface area contributed by atoms with E-state index in [0.717, 1.165) is 31.0 Å². The summed E-state index contributed by atoms with van der Waals surface area (Å²) in [5.41, 5.74) is 2.51. The van der Waals surface area contributed by atoms with Gasteiger partial charge in [0.2, 0.25) is 0 Å². The summed E-state index contributed by atoms with van der Waals surface area (Å²) in [4.78, 5) is 17.5. The second-order valence-electron chi connectivity index (χ2n) is 4.81. The van der Waals surface area contributed by atoms with Gasteiger partial charge in [0, 0.05) is 18.8 Å². The largest absolute Gasteiger partial charge is 0.478 e. The number of hydrogen-bond acceptors (Lipinski definition) is 4. The molecule has 0 fully saturated rings. The van der Waals surface area contributed by atoms with Crippen LogP contribution in [0.1, 0.15) is 28.7 Å². The number of aromatic carboxylic acids is 1. The molecule has 0 saturated heterocycles. The van der Waals surface area contributed by atoms with E-state index in [2.05, 4.69) is 15.0 Å². The number of rotatable bonds is 4. The van der Waals surface area contributed by atoms with Crippen LogP contribution < -0.4 is 4.90 Å². The number of carbonyl (C=O) groups is 1. The Bertz CT molecular complexity index is 650. The molecule has 3 rings (SSSR count). The molecule has 6 nitrogen and oxygen atoms in total. The van der Waals surface area contributed by atoms with Gasteiger partial charge in [0.05, 0.1) is 12.1 Å². The first kappa shape index (κ1) is 12.7. The van der Waals surface area contributed by atoms with E-state index >= 15 is 0 Å². The summed E-state index contributed by atoms with van der Waals surface area (Å²) in [5, 5.41) is 13.3. The normalized spacial score (nSPS) is 13.6. The predicted octanol–water partition coefficient (Wildman–Crippen LogP) is 1.56. The Hall–Kier alpha value is -2.37. The summed E-state index contributed by atoms with van der Waals surface area (Å²) in [6.45, 7) is 4.35. The third kappa shape index (κ3) is 2.13. The zero-order valence-corrected chi connectivity index (χ0v) is 11.3. The summed E-state index contributed by atoms with van der Waals surface area (Å²) in [6.07, 6.45) is 2.50. The van der Waals surface area contributed by atoms with Gasteiger partial charge in [-0.05, 0) is 31.0 Å². The number of hydrogen-bond donors (Lipinski definition) is 1. The van der Waals surface area contributed by atoms with Gasteiger partial charge in [-0.3, -0.25) is 0 Å². The third-order valence-electron chi connectivity index (χ3n) is 3.65. The van der Waals surface area contributed by atoms with E-state index in [1.54, 1.807) is 18.5 Å². The van der Waals surface area contributed by atoms with Crippen molar-refractivity contribution < 1.29 is 9.90 Å². The van der Waals surface area contributed by atoms with Crippen molar-refractivity contribution in [1.82, 2.24) is 14.8 Å². The first-order chi connectivity index (χ1) is 9.69. The molecular formula is C14H16N4O2. The van der Waals surface area contributed by atoms with Crippen molar-refractivity contribution in [2.75, 3.05) is 11.4 Å². The molecule has 0 unspecified atom stereocenters. The molecule has 0 radical (unpaired) electrons. The van der Waals surface area contributed by atoms with Crippen LogP contribution in [0.5, 0.6) is 0 Å². The van der Waals surface area contributed by atoms with E-state index in [0.29, 0.717) is 12.1 Å². The number of aromatic nitrogens is 3. The van der Waals surface area contributed by atoms with Crippen molar-refractivity contribution in [1.29, 1.82) is 0 Å². The van der Waals surface area contributed by atoms with E-state index in [1.807, 2.05) is 17.7 Å². The second-order valence-corrected chi connectivity index (χ2v) is 4.81. The molecule has 0 saturated carbocycles. The van der Waals surface area contributed by atoms with Crippen LogP contribution in [0.2, 0.25) is 0 Å². The Morgan fingerprint density at radius 3 is 3.05 bits per heavy atom. The maximum atomic E-state index is 11.1. The molecule has 6 heteroatoms. The maximum absolute atomic E-state index is 11.1. The number of aryl methyl sites for hydroxylation is 1. The van der Waals surface area contributed by atoms with Gasteiger partial charge in [-0.25, -0.2) is 14.5 Å². The minimum Gasteiger partial charge on any atom is -0.478 e. The van der Waals surface area contributed by atoms with Gasteiger partial charge in [0.1, 0.15) is 12.2 Å². The molecular weight excluding hydrogens is 256 g/mol. The standard InChI is InChI=1S/C14H16N4O2/c1-2-18-13(15-9-16-18)8-17-6-5-10-3-4-11(14(19)20)7-12(10)17/h3-4,7,9H,2,5-6,8H2,1H3,(H,19,20). The number of fused-ring (bicyclic) bond motifs is 1. The quantitative estimate of drug-likeness (QED) is 0.914. The molecule has 1 aromatic heterocycles. The first-order valence-electron chi connectivity index (χ1n) is 6.67. The van der Waals surface area contributed by atoms with E-state index in [1.165, 1.54) is 5.56 Å². The van der Waals surface area contributed by atoms with Crippen LogP contribution in [-0.2, 0) is 19.5 Å². The van der Waals surface area contributed by atoms with Gasteiger partial charge in [0.15, 0.2) is 0 Å². The van der Waals surface area contributed by atoms with Crippen molar-refractivity contribution in [3.8, 4) is 0 Å². The van der Waals surface area contributed by atoms with Crippen molar-refractivity contribution in [3.05, 3.63) is 41.5 Å². The Labute approximate surface area is 116 Å². The number of nitrogens with zero attached hydrogens (tertiary/aromatic N) is 4. The molecule has 1 aromatic carbocycles. The molecule has 0 aliphatic carbocycles. The lowest BCUT2D eigenvalue weighted by Crippen LogP contribution is -2.22. The summed E-state index contributed by atoms with van der Waals surface area (Å²) in [6, 6.07) is 5.32. The smallest absolute Gasteiger partial charge is 0.335 e. The Morgan fingerprint density at radius 1 is 1.45 bits per heavy atom. The molecule has 1 N–H and O–H groups in total. The molecule has 0 spiro atoms. The summed E-state index contributed by atoms with van der Waals surface area (Å²) in [5.74, 6) is 0.0115. The average molecular weight is 272 g/mol. The van der Waals surface area contributed by atoms with Gasteiger partial charge in [-0.15, -0.1) is 0 Å². The van der Waals surface area contributed by atoms with Crippen LogP contribution >= 0.6 is 0 Å². The van der Waals surface area contributed by atoms with Crippen molar-refractivity contribution in [3.63, 3.8) is 0 Å². The zero-order chi connectivity index (χ0) is 14.1. The lowest BCUT2D eigenvalue weighted by molar-refractivity contribution is 0.0697. The van der Waals surface area contributed by atoms with E-state index in [9.17, 15) is 4.79 Å². The highest BCUT2D eigenvalue weighted by atomic mass is 16.4. The highest BCUT2D eigenvalue weighted by molar-refractivity contribution is 5.89. The summed E-state index contributed by atoms with van der Waals surface area (Å²) in [7, 11) is 0. The average Bonchev–Trinajstić information content (AvgIpc) is 3.05. The lowest BCUT2D eigenvalue weighted by atomic mass is 10.1. The number of carboxylic acids is 1. The van der Waals surface area contributed by atoms with Crippen molar-refractivity contribution in [2.45, 2.75) is 26.4 Å². The lowest BCUT2D eigenvalue weighted by Gasteiger charge is -2.19. The topological polar surface area (TPSA) is 71.2 Å². The van der Waals surface area contributed by atoms with E-state index in [-0.39, 0.29) is 0 Å². The van der Waals surface area contributed by atoms with E-state index in [4.69, 9.17) is 5.11 Å². The fourth-order valence-electron chi connectivity index (χ4n) is 2.59. The molecule has 0 amide bonds. The van der Waals surface area contributed by atoms with Crippen LogP contribution in [0.15, 0.2) is 24.5 Å². The zero-order valence-electron chi connectivity index (χ0n) is 11.3. The van der Waals surface area contributed by atoms with Crippen LogP contribution in [-0.4, -0.2) is 32.4 Å². The fraction of sp³-hybridized carbons (Fsp3) is 0.357. The van der Waals surface area contributed by atoms with Crippen LogP contribution in [0.25, 0.3) is 0 Å². The summed E-state index contributed by atoms with van der Waals surface area (Å²) >= 11 is 0. The van der Waals surface area contributed by atoms with Gasteiger partial charge in [0.25, 0.3) is 0 Å². The van der Waals surface area contributed by atoms with Crippen LogP contribution in [0, 0.1) is 0 Å². The van der Waals surface area contributed by atoms with Crippen molar-refractivity contribution >= 4 is 11.7 Å². The molecule has 0 atom stereocenters. The highest BCUT2D eigenvalue weighted by Crippen LogP contribution is 2.30. The molecule has 1 aliphatic rings. The third-order valence-corrected chi connectivity index (χ3v) is 3.65. The molecule has 0 bridgehead atoms. The van der Waals surface area contributed by atoms with Crippen LogP contribution in [0.4, 0.5) is 5.69 Å². The van der Waals surface area contributed by atoms with Gasteiger partial charge in [-0.1, -0.05) is 6.07 Å². The highest BCUT2D eigenvalue weighted by Gasteiger charge is 2.22. The molecule has 1 aliphatic heterocycles. The van der Waals surface area contributed by atoms with Crippen molar-refractivity contribution in [2.24, 2.45) is 0 Å².